The van der Waals surface area contributed by atoms with Gasteiger partial charge in [-0.2, -0.15) is 0 Å². The third-order valence-corrected chi connectivity index (χ3v) is 4.32. The summed E-state index contributed by atoms with van der Waals surface area (Å²) in [5, 5.41) is 11.0. The van der Waals surface area contributed by atoms with Gasteiger partial charge < -0.3 is 5.11 Å². The Morgan fingerprint density at radius 3 is 1.90 bits per heavy atom. The number of aliphatic hydroxyl groups is 1. The van der Waals surface area contributed by atoms with Gasteiger partial charge in [-0.05, 0) is 44.9 Å². The van der Waals surface area contributed by atoms with Gasteiger partial charge in [0.1, 0.15) is 0 Å². The minimum absolute atomic E-state index is 0.222. The van der Waals surface area contributed by atoms with Crippen LogP contribution in [0.1, 0.15) is 68.7 Å². The maximum Gasteiger partial charge on any atom is 0.0710 e. The van der Waals surface area contributed by atoms with Crippen molar-refractivity contribution < 1.29 is 5.11 Å². The first kappa shape index (κ1) is 19.4. The summed E-state index contributed by atoms with van der Waals surface area (Å²) in [4.78, 5) is 0. The molecular formula is C19H36O. The summed E-state index contributed by atoms with van der Waals surface area (Å²) in [6.45, 7) is 19.3. The van der Waals surface area contributed by atoms with E-state index in [-0.39, 0.29) is 5.41 Å². The lowest BCUT2D eigenvalue weighted by Gasteiger charge is -2.41. The average Bonchev–Trinajstić information content (AvgIpc) is 2.24. The van der Waals surface area contributed by atoms with E-state index in [4.69, 9.17) is 0 Å². The first-order valence-corrected chi connectivity index (χ1v) is 7.96. The fourth-order valence-corrected chi connectivity index (χ4v) is 2.25. The van der Waals surface area contributed by atoms with Crippen molar-refractivity contribution in [2.45, 2.75) is 74.3 Å². The van der Waals surface area contributed by atoms with Crippen molar-refractivity contribution in [3.8, 4) is 0 Å². The molecule has 0 rings (SSSR count). The Bertz CT molecular complexity index is 339. The van der Waals surface area contributed by atoms with E-state index < -0.39 is 5.60 Å². The number of hydrogen-bond acceptors (Lipinski definition) is 1. The van der Waals surface area contributed by atoms with Crippen LogP contribution >= 0.6 is 0 Å². The van der Waals surface area contributed by atoms with E-state index in [1.807, 2.05) is 6.92 Å². The molecular weight excluding hydrogens is 244 g/mol. The van der Waals surface area contributed by atoms with Gasteiger partial charge in [0.15, 0.2) is 0 Å². The fraction of sp³-hybridized carbons (Fsp3) is 0.789. The van der Waals surface area contributed by atoms with Crippen LogP contribution < -0.4 is 0 Å². The van der Waals surface area contributed by atoms with Crippen LogP contribution in [0.5, 0.6) is 0 Å². The Labute approximate surface area is 127 Å². The largest absolute Gasteiger partial charge is 0.389 e. The molecule has 0 aromatic rings. The predicted octanol–water partition coefficient (Wildman–Crippen LogP) is 5.60. The van der Waals surface area contributed by atoms with E-state index in [0.717, 1.165) is 6.42 Å². The van der Waals surface area contributed by atoms with Gasteiger partial charge in [0.25, 0.3) is 0 Å². The molecule has 1 N–H and O–H groups in total. The summed E-state index contributed by atoms with van der Waals surface area (Å²) >= 11 is 0. The molecule has 0 radical (unpaired) electrons. The van der Waals surface area contributed by atoms with Gasteiger partial charge in [-0.1, -0.05) is 65.3 Å². The second kappa shape index (κ2) is 7.45. The second-order valence-electron chi connectivity index (χ2n) is 7.95. The van der Waals surface area contributed by atoms with Crippen LogP contribution in [0.2, 0.25) is 0 Å². The van der Waals surface area contributed by atoms with Crippen LogP contribution in [0.3, 0.4) is 0 Å². The van der Waals surface area contributed by atoms with Crippen molar-refractivity contribution in [3.63, 3.8) is 0 Å². The molecule has 118 valence electrons. The molecule has 2 unspecified atom stereocenters. The molecule has 2 atom stereocenters. The zero-order chi connectivity index (χ0) is 16.1. The lowest BCUT2D eigenvalue weighted by Crippen LogP contribution is -2.42. The molecule has 0 heterocycles. The summed E-state index contributed by atoms with van der Waals surface area (Å²) < 4.78 is 0. The standard InChI is InChI=1S/C19H36O/c1-14(2)10-11-18(7,8)19(9,20)13-17(16(5)6)12-15(3)4/h10-12,14,16-17,20H,13H2,1-9H3/b11-10+. The van der Waals surface area contributed by atoms with Crippen LogP contribution in [-0.2, 0) is 0 Å². The van der Waals surface area contributed by atoms with Crippen LogP contribution in [0, 0.1) is 23.2 Å². The van der Waals surface area contributed by atoms with Gasteiger partial charge in [-0.25, -0.2) is 0 Å². The molecule has 0 aromatic carbocycles. The van der Waals surface area contributed by atoms with Crippen LogP contribution in [-0.4, -0.2) is 10.7 Å². The van der Waals surface area contributed by atoms with Crippen molar-refractivity contribution in [2.75, 3.05) is 0 Å². The van der Waals surface area contributed by atoms with E-state index in [9.17, 15) is 5.11 Å². The van der Waals surface area contributed by atoms with E-state index in [0.29, 0.717) is 17.8 Å². The van der Waals surface area contributed by atoms with Gasteiger partial charge in [0, 0.05) is 5.41 Å². The Kier molecular flexibility index (Phi) is 7.24. The zero-order valence-electron chi connectivity index (χ0n) is 15.1. The average molecular weight is 280 g/mol. The smallest absolute Gasteiger partial charge is 0.0710 e. The lowest BCUT2D eigenvalue weighted by atomic mass is 9.69. The second-order valence-corrected chi connectivity index (χ2v) is 7.95. The highest BCUT2D eigenvalue weighted by Gasteiger charge is 2.39. The van der Waals surface area contributed by atoms with Gasteiger partial charge in [-0.3, -0.25) is 0 Å². The van der Waals surface area contributed by atoms with E-state index in [1.165, 1.54) is 5.57 Å². The summed E-state index contributed by atoms with van der Waals surface area (Å²) in [6, 6.07) is 0. The minimum Gasteiger partial charge on any atom is -0.389 e. The van der Waals surface area contributed by atoms with Gasteiger partial charge in [-0.15, -0.1) is 0 Å². The van der Waals surface area contributed by atoms with E-state index in [1.54, 1.807) is 0 Å². The fourth-order valence-electron chi connectivity index (χ4n) is 2.25. The highest BCUT2D eigenvalue weighted by Crippen LogP contribution is 2.39. The molecule has 0 aliphatic rings. The first-order valence-electron chi connectivity index (χ1n) is 7.96. The Morgan fingerprint density at radius 1 is 1.05 bits per heavy atom. The predicted molar refractivity (Wildman–Crippen MR) is 90.8 cm³/mol. The van der Waals surface area contributed by atoms with Crippen molar-refractivity contribution in [1.29, 1.82) is 0 Å². The quantitative estimate of drug-likeness (QED) is 0.601. The molecule has 0 saturated carbocycles. The molecule has 0 bridgehead atoms. The lowest BCUT2D eigenvalue weighted by molar-refractivity contribution is -0.0448. The number of allylic oxidation sites excluding steroid dienone is 3. The SMILES string of the molecule is CC(C)=CC(CC(C)(O)C(C)(C)/C=C/C(C)C)C(C)C. The first-order chi connectivity index (χ1) is 8.89. The van der Waals surface area contributed by atoms with Gasteiger partial charge in [0.05, 0.1) is 5.60 Å². The summed E-state index contributed by atoms with van der Waals surface area (Å²) in [5.74, 6) is 1.48. The summed E-state index contributed by atoms with van der Waals surface area (Å²) in [7, 11) is 0. The Hall–Kier alpha value is -0.560. The third kappa shape index (κ3) is 6.26. The molecule has 0 amide bonds. The zero-order valence-corrected chi connectivity index (χ0v) is 15.1. The summed E-state index contributed by atoms with van der Waals surface area (Å²) in [5.41, 5.74) is 0.397. The molecule has 0 spiro atoms. The Morgan fingerprint density at radius 2 is 1.55 bits per heavy atom. The Balaban J connectivity index is 5.15. The number of rotatable bonds is 7. The molecule has 1 nitrogen and oxygen atoms in total. The third-order valence-electron chi connectivity index (χ3n) is 4.32. The number of hydrogen-bond donors (Lipinski definition) is 1. The molecule has 0 aromatic heterocycles. The monoisotopic (exact) mass is 280 g/mol. The van der Waals surface area contributed by atoms with Crippen LogP contribution in [0.15, 0.2) is 23.8 Å². The van der Waals surface area contributed by atoms with Gasteiger partial charge in [0.2, 0.25) is 0 Å². The van der Waals surface area contributed by atoms with Crippen LogP contribution in [0.4, 0.5) is 0 Å². The normalized spacial score (nSPS) is 17.6. The molecule has 0 saturated heterocycles. The van der Waals surface area contributed by atoms with Crippen molar-refractivity contribution in [2.24, 2.45) is 23.2 Å². The topological polar surface area (TPSA) is 20.2 Å². The highest BCUT2D eigenvalue weighted by atomic mass is 16.3. The van der Waals surface area contributed by atoms with E-state index >= 15 is 0 Å². The summed E-state index contributed by atoms with van der Waals surface area (Å²) in [6.07, 6.45) is 7.48. The molecule has 0 fully saturated rings. The van der Waals surface area contributed by atoms with Crippen LogP contribution in [0.25, 0.3) is 0 Å². The van der Waals surface area contributed by atoms with E-state index in [2.05, 4.69) is 73.6 Å². The van der Waals surface area contributed by atoms with Crippen molar-refractivity contribution >= 4 is 0 Å². The highest BCUT2D eigenvalue weighted by molar-refractivity contribution is 5.08. The minimum atomic E-state index is -0.709. The maximum absolute atomic E-state index is 11.0. The van der Waals surface area contributed by atoms with Crippen molar-refractivity contribution in [1.82, 2.24) is 0 Å². The molecule has 20 heavy (non-hydrogen) atoms. The maximum atomic E-state index is 11.0. The molecule has 1 heteroatoms. The van der Waals surface area contributed by atoms with Crippen molar-refractivity contribution in [3.05, 3.63) is 23.8 Å². The molecule has 0 aliphatic carbocycles. The molecule has 0 aliphatic heterocycles. The van der Waals surface area contributed by atoms with Gasteiger partial charge >= 0.3 is 0 Å².